The Balaban J connectivity index is 0.000000133. The van der Waals surface area contributed by atoms with Gasteiger partial charge in [-0.25, -0.2) is 39.4 Å². The largest absolute Gasteiger partial charge is 0.460 e. The van der Waals surface area contributed by atoms with Crippen LogP contribution in [0.15, 0.2) is 73.9 Å². The zero-order chi connectivity index (χ0) is 94.7. The number of allylic oxidation sites excluding steroid dienone is 6. The third-order valence-electron chi connectivity index (χ3n) is 27.8. The third kappa shape index (κ3) is 22.1. The van der Waals surface area contributed by atoms with Crippen molar-refractivity contribution in [3.63, 3.8) is 0 Å². The SMILES string of the molecule is C=C(C)C(=O)CCCC(=O)OC1C2CC3C(S2)C1OS3(=O)=O.C=C(C)C(=O)CCCC(=O)OC1C2CC3C(S2)C1OS3(=O)=O.C=C(C)C(=O)CCCC(=O)OC1C2CC3C1NS(=O)(=O)C3C2.C=C(C)C(=O)CCCC(=O)OC1C2CC3C1NS(=O)(=O)C3C2.C=CC(=O)CCCC(=O)OC1C2CC3C(S2)C1OS3(=O)=O.C=CC(=O)CCCC(=O)OC1C2CC3C1NS(=O)(=O)C3C2. The molecule has 18 rings (SSSR count). The van der Waals surface area contributed by atoms with Gasteiger partial charge in [0.05, 0.1) is 49.6 Å². The Morgan fingerprint density at radius 2 is 0.523 bits per heavy atom. The molecule has 0 aromatic carbocycles. The van der Waals surface area contributed by atoms with Crippen LogP contribution in [0.3, 0.4) is 0 Å². The predicted molar refractivity (Wildman–Crippen MR) is 472 cm³/mol. The number of sulfonamides is 3. The molecule has 36 nitrogen and oxygen atoms in total. The number of carbonyl (C=O) groups is 12. The first-order valence-corrected chi connectivity index (χ1v) is 55.9. The van der Waals surface area contributed by atoms with Gasteiger partial charge in [0, 0.05) is 92.8 Å². The van der Waals surface area contributed by atoms with Crippen LogP contribution in [0.25, 0.3) is 0 Å². The molecule has 30 atom stereocenters. The molecule has 45 heteroatoms. The second-order valence-corrected chi connectivity index (χ2v) is 52.2. The summed E-state index contributed by atoms with van der Waals surface area (Å²) in [6.45, 7) is 27.6. The summed E-state index contributed by atoms with van der Waals surface area (Å²) in [7, 11) is -20.2. The highest BCUT2D eigenvalue weighted by molar-refractivity contribution is 8.03. The molecule has 130 heavy (non-hydrogen) atoms. The number of esters is 6. The summed E-state index contributed by atoms with van der Waals surface area (Å²) in [5.41, 5.74) is 1.95. The van der Waals surface area contributed by atoms with E-state index in [1.807, 2.05) is 0 Å². The lowest BCUT2D eigenvalue weighted by Crippen LogP contribution is -2.41. The number of carbonyl (C=O) groups excluding carboxylic acids is 12. The Morgan fingerprint density at radius 3 is 0.738 bits per heavy atom. The van der Waals surface area contributed by atoms with Crippen LogP contribution in [0, 0.1) is 35.5 Å². The number of ketones is 6. The van der Waals surface area contributed by atoms with Crippen molar-refractivity contribution in [2.75, 3.05) is 0 Å². The molecule has 0 amide bonds. The standard InChI is InChI=1S/2C15H21NO5S.C14H19NO5S.2C14H18O6S2.C13H16O6S2/c2*1-8(2)11(17)4-3-5-13(18)21-15-9-6-10-12(7-9)22(19,20)16-14(10)15;1-2-9(16)4-3-5-12(17)20-14-8-6-10-11(7-8)21(18,19)15-13(10)14;2*1-7(2)8(15)4-3-5-11(16)19-12-9-6-10-14(21-9)13(12)20-22(10,17)18;1-2-7(14)4-3-5-10(15)18-11-8-6-9-13(20-8)12(11)19-21(9,16)17/h2*9-10,12,14-16H,1,3-7H2,2H3;2,8,10-11,13-15H,1,3-7H2;2*9-10,12-14H,1,3-6H2,2H3;2,8-9,11-13H,1,3-6H2. The number of hydrogen-bond acceptors (Lipinski definition) is 36. The van der Waals surface area contributed by atoms with E-state index in [9.17, 15) is 108 Å². The van der Waals surface area contributed by atoms with Crippen molar-refractivity contribution in [1.82, 2.24) is 14.2 Å². The fourth-order valence-corrected chi connectivity index (χ4v) is 40.2. The Bertz CT molecular complexity index is 4800. The minimum Gasteiger partial charge on any atom is -0.460 e. The van der Waals surface area contributed by atoms with Crippen LogP contribution >= 0.6 is 35.3 Å². The smallest absolute Gasteiger partial charge is 0.306 e. The number of nitrogens with one attached hydrogen (secondary N) is 3. The second-order valence-electron chi connectivity index (χ2n) is 36.8. The molecular weight excluding hydrogens is 1880 g/mol. The summed E-state index contributed by atoms with van der Waals surface area (Å²) in [5.74, 6) is -1.99. The average Bonchev–Trinajstić information content (AvgIpc) is 1.59. The molecule has 720 valence electrons. The van der Waals surface area contributed by atoms with E-state index in [1.165, 1.54) is 12.2 Å². The molecule has 6 saturated carbocycles. The van der Waals surface area contributed by atoms with Crippen molar-refractivity contribution >= 4 is 166 Å². The average molecular weight is 1990 g/mol. The molecule has 18 aliphatic rings. The van der Waals surface area contributed by atoms with Crippen molar-refractivity contribution < 1.29 is 149 Å². The molecule has 12 aliphatic heterocycles. The van der Waals surface area contributed by atoms with Gasteiger partial charge in [0.15, 0.2) is 34.7 Å². The molecule has 12 heterocycles. The van der Waals surface area contributed by atoms with Crippen molar-refractivity contribution in [3.05, 3.63) is 73.9 Å². The maximum atomic E-state index is 11.9. The Kier molecular flexibility index (Phi) is 31.6. The zero-order valence-electron chi connectivity index (χ0n) is 72.5. The van der Waals surface area contributed by atoms with Gasteiger partial charge in [0.2, 0.25) is 30.1 Å². The quantitative estimate of drug-likeness (QED) is 0.0298. The van der Waals surface area contributed by atoms with E-state index in [0.717, 1.165) is 19.3 Å². The predicted octanol–water partition coefficient (Wildman–Crippen LogP) is 5.59. The zero-order valence-corrected chi connectivity index (χ0v) is 79.8. The molecule has 12 bridgehead atoms. The van der Waals surface area contributed by atoms with E-state index in [4.69, 9.17) is 41.0 Å². The summed E-state index contributed by atoms with van der Waals surface area (Å²) < 4.78 is 198. The summed E-state index contributed by atoms with van der Waals surface area (Å²) in [6.07, 6.45) is 9.15. The van der Waals surface area contributed by atoms with Gasteiger partial charge in [-0.05, 0) is 194 Å². The highest BCUT2D eigenvalue weighted by atomic mass is 32.2. The van der Waals surface area contributed by atoms with Gasteiger partial charge < -0.3 is 28.4 Å². The van der Waals surface area contributed by atoms with Crippen LogP contribution in [0.5, 0.6) is 0 Å². The van der Waals surface area contributed by atoms with E-state index in [1.54, 1.807) is 63.0 Å². The Labute approximate surface area is 770 Å². The first-order valence-electron chi connectivity index (χ1n) is 44.0. The number of rotatable bonds is 36. The maximum absolute atomic E-state index is 11.9. The number of fused-ring (bicyclic) bond motifs is 6. The summed E-state index contributed by atoms with van der Waals surface area (Å²) in [5, 5.41) is -2.58. The summed E-state index contributed by atoms with van der Waals surface area (Å²) >= 11 is 4.64. The number of hydrogen-bond donors (Lipinski definition) is 3. The van der Waals surface area contributed by atoms with Gasteiger partial charge in [0.1, 0.15) is 70.7 Å². The van der Waals surface area contributed by atoms with Crippen LogP contribution in [0.1, 0.15) is 201 Å². The van der Waals surface area contributed by atoms with Crippen LogP contribution < -0.4 is 14.2 Å². The first kappa shape index (κ1) is 101. The van der Waals surface area contributed by atoms with Crippen molar-refractivity contribution in [2.24, 2.45) is 35.5 Å². The van der Waals surface area contributed by atoms with Gasteiger partial charge in [-0.3, -0.25) is 70.1 Å². The van der Waals surface area contributed by atoms with Gasteiger partial charge in [-0.1, -0.05) is 39.5 Å². The molecule has 3 N–H and O–H groups in total. The van der Waals surface area contributed by atoms with E-state index in [2.05, 4.69) is 53.6 Å². The highest BCUT2D eigenvalue weighted by Crippen LogP contribution is 2.60. The molecule has 0 aromatic rings. The molecule has 0 spiro atoms. The van der Waals surface area contributed by atoms with Gasteiger partial charge in [0.25, 0.3) is 30.4 Å². The van der Waals surface area contributed by atoms with Crippen LogP contribution in [0.2, 0.25) is 0 Å². The Morgan fingerprint density at radius 1 is 0.308 bits per heavy atom. The fourth-order valence-electron chi connectivity index (χ4n) is 21.4. The summed E-state index contributed by atoms with van der Waals surface area (Å²) in [6, 6.07) is -0.762. The Hall–Kier alpha value is -6.21. The molecule has 30 unspecified atom stereocenters. The van der Waals surface area contributed by atoms with Crippen molar-refractivity contribution in [2.45, 2.75) is 337 Å². The van der Waals surface area contributed by atoms with Crippen LogP contribution in [-0.2, 0) is 159 Å². The maximum Gasteiger partial charge on any atom is 0.306 e. The molecular formula is C85H113N3O33S9. The third-order valence-corrected chi connectivity index (χ3v) is 44.4. The highest BCUT2D eigenvalue weighted by Gasteiger charge is 2.71. The number of thioether (sulfide) groups is 3. The van der Waals surface area contributed by atoms with Crippen molar-refractivity contribution in [1.29, 1.82) is 0 Å². The van der Waals surface area contributed by atoms with E-state index >= 15 is 0 Å². The van der Waals surface area contributed by atoms with Crippen LogP contribution in [-0.4, -0.2) is 257 Å². The van der Waals surface area contributed by atoms with Crippen molar-refractivity contribution in [3.8, 4) is 0 Å². The fraction of sp³-hybridized carbons (Fsp3) is 0.718. The minimum atomic E-state index is -3.50. The lowest BCUT2D eigenvalue weighted by Gasteiger charge is -2.26. The molecule has 12 saturated heterocycles. The molecule has 18 fully saturated rings. The van der Waals surface area contributed by atoms with E-state index in [-0.39, 0.29) is 236 Å². The van der Waals surface area contributed by atoms with Gasteiger partial charge in [-0.2, -0.15) is 25.3 Å². The monoisotopic (exact) mass is 1990 g/mol. The van der Waals surface area contributed by atoms with Crippen LogP contribution in [0.4, 0.5) is 0 Å². The van der Waals surface area contributed by atoms with E-state index < -0.39 is 131 Å². The number of ether oxygens (including phenoxy) is 6. The molecule has 0 radical (unpaired) electrons. The van der Waals surface area contributed by atoms with E-state index in [0.29, 0.717) is 112 Å². The lowest BCUT2D eigenvalue weighted by molar-refractivity contribution is -0.154. The normalized spacial score (nSPS) is 37.6. The minimum absolute atomic E-state index is 0.000956. The first-order chi connectivity index (χ1) is 61.0. The van der Waals surface area contributed by atoms with Gasteiger partial charge in [-0.15, -0.1) is 35.3 Å². The topological polar surface area (TPSA) is 529 Å². The second kappa shape index (κ2) is 40.6. The van der Waals surface area contributed by atoms with Gasteiger partial charge >= 0.3 is 35.8 Å². The molecule has 0 aromatic heterocycles. The number of Topliss-reactive ketones (excluding diaryl/α,β-unsaturated/α-hetero) is 4. The summed E-state index contributed by atoms with van der Waals surface area (Å²) in [4.78, 5) is 139. The lowest BCUT2D eigenvalue weighted by atomic mass is 9.93. The molecule has 6 aliphatic carbocycles.